The van der Waals surface area contributed by atoms with Gasteiger partial charge < -0.3 is 9.84 Å². The van der Waals surface area contributed by atoms with Crippen molar-refractivity contribution in [2.24, 2.45) is 5.92 Å². The minimum atomic E-state index is -0.636. The first-order chi connectivity index (χ1) is 7.99. The van der Waals surface area contributed by atoms with Gasteiger partial charge >= 0.3 is 0 Å². The van der Waals surface area contributed by atoms with Crippen LogP contribution in [-0.2, 0) is 0 Å². The van der Waals surface area contributed by atoms with Crippen LogP contribution in [-0.4, -0.2) is 17.8 Å². The summed E-state index contributed by atoms with van der Waals surface area (Å²) in [5.74, 6) is 0.991. The molecule has 2 nitrogen and oxygen atoms in total. The van der Waals surface area contributed by atoms with Gasteiger partial charge in [0, 0.05) is 5.92 Å². The van der Waals surface area contributed by atoms with Gasteiger partial charge in [0.1, 0.15) is 5.75 Å². The third-order valence-electron chi connectivity index (χ3n) is 3.39. The maximum absolute atomic E-state index is 10.1. The summed E-state index contributed by atoms with van der Waals surface area (Å²) in [6, 6.07) is 7.87. The fourth-order valence-corrected chi connectivity index (χ4v) is 1.50. The van der Waals surface area contributed by atoms with E-state index in [-0.39, 0.29) is 5.92 Å². The lowest BCUT2D eigenvalue weighted by Gasteiger charge is -2.26. The maximum atomic E-state index is 10.1. The number of aliphatic hydroxyl groups is 1. The van der Waals surface area contributed by atoms with Gasteiger partial charge in [-0.2, -0.15) is 0 Å². The van der Waals surface area contributed by atoms with Crippen molar-refractivity contribution in [2.45, 2.75) is 32.8 Å². The van der Waals surface area contributed by atoms with Crippen molar-refractivity contribution in [3.8, 4) is 5.75 Å². The SMILES string of the molecule is CC[C@](C)(O)[C@H](C)/C=C/c1ccc(OC)cc1. The molecule has 0 aliphatic heterocycles. The third-order valence-corrected chi connectivity index (χ3v) is 3.39. The Bertz CT molecular complexity index is 363. The minimum absolute atomic E-state index is 0.134. The van der Waals surface area contributed by atoms with Crippen molar-refractivity contribution in [1.29, 1.82) is 0 Å². The number of rotatable bonds is 5. The average molecular weight is 234 g/mol. The van der Waals surface area contributed by atoms with Gasteiger partial charge in [-0.3, -0.25) is 0 Å². The Balaban J connectivity index is 2.70. The summed E-state index contributed by atoms with van der Waals surface area (Å²) in [6.45, 7) is 5.90. The van der Waals surface area contributed by atoms with Crippen LogP contribution in [0.25, 0.3) is 6.08 Å². The molecule has 0 unspecified atom stereocenters. The van der Waals surface area contributed by atoms with Crippen LogP contribution in [0.15, 0.2) is 30.3 Å². The molecule has 0 amide bonds. The van der Waals surface area contributed by atoms with E-state index in [0.29, 0.717) is 0 Å². The second-order valence-electron chi connectivity index (χ2n) is 4.63. The molecule has 1 N–H and O–H groups in total. The molecule has 1 rings (SSSR count). The molecule has 94 valence electrons. The van der Waals surface area contributed by atoms with E-state index in [2.05, 4.69) is 0 Å². The highest BCUT2D eigenvalue weighted by Crippen LogP contribution is 2.22. The van der Waals surface area contributed by atoms with Crippen LogP contribution in [0.1, 0.15) is 32.8 Å². The Labute approximate surface area is 104 Å². The summed E-state index contributed by atoms with van der Waals surface area (Å²) in [6.07, 6.45) is 4.83. The zero-order chi connectivity index (χ0) is 12.9. The largest absolute Gasteiger partial charge is 0.497 e. The van der Waals surface area contributed by atoms with Crippen molar-refractivity contribution in [3.05, 3.63) is 35.9 Å². The topological polar surface area (TPSA) is 29.5 Å². The van der Waals surface area contributed by atoms with Crippen LogP contribution in [0.2, 0.25) is 0 Å². The van der Waals surface area contributed by atoms with Crippen molar-refractivity contribution in [3.63, 3.8) is 0 Å². The van der Waals surface area contributed by atoms with Crippen LogP contribution < -0.4 is 4.74 Å². The van der Waals surface area contributed by atoms with E-state index < -0.39 is 5.60 Å². The van der Waals surface area contributed by atoms with Crippen LogP contribution in [0.3, 0.4) is 0 Å². The lowest BCUT2D eigenvalue weighted by atomic mass is 9.88. The van der Waals surface area contributed by atoms with E-state index in [4.69, 9.17) is 4.74 Å². The highest BCUT2D eigenvalue weighted by Gasteiger charge is 2.23. The van der Waals surface area contributed by atoms with Crippen LogP contribution in [0.5, 0.6) is 5.75 Å². The zero-order valence-electron chi connectivity index (χ0n) is 11.1. The fraction of sp³-hybridized carbons (Fsp3) is 0.467. The summed E-state index contributed by atoms with van der Waals surface area (Å²) in [5, 5.41) is 10.1. The fourth-order valence-electron chi connectivity index (χ4n) is 1.50. The molecule has 0 radical (unpaired) electrons. The molecular formula is C15H22O2. The van der Waals surface area contributed by atoms with Crippen molar-refractivity contribution in [2.75, 3.05) is 7.11 Å². The number of hydrogen-bond donors (Lipinski definition) is 1. The molecule has 0 saturated heterocycles. The quantitative estimate of drug-likeness (QED) is 0.845. The molecule has 17 heavy (non-hydrogen) atoms. The van der Waals surface area contributed by atoms with Gasteiger partial charge in [0.05, 0.1) is 12.7 Å². The first kappa shape index (κ1) is 13.8. The van der Waals surface area contributed by atoms with Crippen molar-refractivity contribution < 1.29 is 9.84 Å². The molecule has 0 aromatic heterocycles. The highest BCUT2D eigenvalue weighted by atomic mass is 16.5. The predicted octanol–water partition coefficient (Wildman–Crippen LogP) is 3.51. The van der Waals surface area contributed by atoms with Gasteiger partial charge in [0.25, 0.3) is 0 Å². The standard InChI is InChI=1S/C15H22O2/c1-5-15(3,16)12(2)6-7-13-8-10-14(17-4)11-9-13/h6-12,16H,5H2,1-4H3/b7-6+/t12-,15+/m1/s1. The van der Waals surface area contributed by atoms with Gasteiger partial charge in [-0.05, 0) is 31.0 Å². The Kier molecular flexibility index (Phi) is 4.76. The lowest BCUT2D eigenvalue weighted by Crippen LogP contribution is -2.30. The Morgan fingerprint density at radius 2 is 1.94 bits per heavy atom. The Morgan fingerprint density at radius 3 is 2.41 bits per heavy atom. The van der Waals surface area contributed by atoms with E-state index in [0.717, 1.165) is 17.7 Å². The highest BCUT2D eigenvalue weighted by molar-refractivity contribution is 5.51. The molecular weight excluding hydrogens is 212 g/mol. The third kappa shape index (κ3) is 3.90. The van der Waals surface area contributed by atoms with Gasteiger partial charge in [-0.1, -0.05) is 38.1 Å². The van der Waals surface area contributed by atoms with Gasteiger partial charge in [-0.25, -0.2) is 0 Å². The first-order valence-electron chi connectivity index (χ1n) is 6.04. The number of methoxy groups -OCH3 is 1. The van der Waals surface area contributed by atoms with Crippen LogP contribution >= 0.6 is 0 Å². The smallest absolute Gasteiger partial charge is 0.118 e. The van der Waals surface area contributed by atoms with E-state index in [1.165, 1.54) is 0 Å². The van der Waals surface area contributed by atoms with E-state index >= 15 is 0 Å². The van der Waals surface area contributed by atoms with Gasteiger partial charge in [-0.15, -0.1) is 0 Å². The number of benzene rings is 1. The monoisotopic (exact) mass is 234 g/mol. The van der Waals surface area contributed by atoms with Crippen molar-refractivity contribution >= 4 is 6.08 Å². The Morgan fingerprint density at radius 1 is 1.35 bits per heavy atom. The first-order valence-corrected chi connectivity index (χ1v) is 6.04. The molecule has 1 aromatic rings. The average Bonchev–Trinajstić information content (AvgIpc) is 2.36. The molecule has 0 fully saturated rings. The normalized spacial score (nSPS) is 16.8. The molecule has 0 saturated carbocycles. The summed E-state index contributed by atoms with van der Waals surface area (Å²) in [4.78, 5) is 0. The summed E-state index contributed by atoms with van der Waals surface area (Å²) >= 11 is 0. The van der Waals surface area contributed by atoms with Crippen molar-refractivity contribution in [1.82, 2.24) is 0 Å². The minimum Gasteiger partial charge on any atom is -0.497 e. The second-order valence-corrected chi connectivity index (χ2v) is 4.63. The predicted molar refractivity (Wildman–Crippen MR) is 72.1 cm³/mol. The lowest BCUT2D eigenvalue weighted by molar-refractivity contribution is 0.0211. The molecule has 2 atom stereocenters. The maximum Gasteiger partial charge on any atom is 0.118 e. The molecule has 0 spiro atoms. The summed E-state index contributed by atoms with van der Waals surface area (Å²) in [7, 11) is 1.66. The number of hydrogen-bond acceptors (Lipinski definition) is 2. The second kappa shape index (κ2) is 5.87. The van der Waals surface area contributed by atoms with Crippen LogP contribution in [0.4, 0.5) is 0 Å². The number of ether oxygens (including phenoxy) is 1. The van der Waals surface area contributed by atoms with E-state index in [9.17, 15) is 5.11 Å². The molecule has 0 bridgehead atoms. The van der Waals surface area contributed by atoms with E-state index in [1.807, 2.05) is 57.2 Å². The van der Waals surface area contributed by atoms with Gasteiger partial charge in [0.2, 0.25) is 0 Å². The Hall–Kier alpha value is -1.28. The molecule has 2 heteroatoms. The summed E-state index contributed by atoms with van der Waals surface area (Å²) < 4.78 is 5.10. The molecule has 0 aliphatic rings. The zero-order valence-corrected chi connectivity index (χ0v) is 11.1. The molecule has 1 aromatic carbocycles. The van der Waals surface area contributed by atoms with E-state index in [1.54, 1.807) is 7.11 Å². The summed E-state index contributed by atoms with van der Waals surface area (Å²) in [5.41, 5.74) is 0.479. The molecule has 0 heterocycles. The van der Waals surface area contributed by atoms with Gasteiger partial charge in [0.15, 0.2) is 0 Å². The van der Waals surface area contributed by atoms with Crippen LogP contribution in [0, 0.1) is 5.92 Å². The molecule has 0 aliphatic carbocycles.